The first-order chi connectivity index (χ1) is 12.5. The van der Waals surface area contributed by atoms with Gasteiger partial charge in [-0.1, -0.05) is 37.5 Å². The van der Waals surface area contributed by atoms with Crippen LogP contribution < -0.4 is 0 Å². The van der Waals surface area contributed by atoms with E-state index in [1.807, 2.05) is 44.2 Å². The van der Waals surface area contributed by atoms with Gasteiger partial charge < -0.3 is 4.90 Å². The van der Waals surface area contributed by atoms with Gasteiger partial charge in [-0.2, -0.15) is 5.10 Å². The second kappa shape index (κ2) is 7.85. The van der Waals surface area contributed by atoms with Crippen LogP contribution in [0.2, 0.25) is 0 Å². The van der Waals surface area contributed by atoms with E-state index >= 15 is 0 Å². The highest BCUT2D eigenvalue weighted by Crippen LogP contribution is 2.24. The van der Waals surface area contributed by atoms with Crippen molar-refractivity contribution in [3.8, 4) is 5.69 Å². The summed E-state index contributed by atoms with van der Waals surface area (Å²) in [5.41, 5.74) is 2.64. The fraction of sp³-hybridized carbons (Fsp3) is 0.476. The van der Waals surface area contributed by atoms with Gasteiger partial charge in [0.25, 0.3) is 11.7 Å². The standard InChI is InChI=1S/C21H27N3O2/c1-4-23(17-11-7-5-8-12-17)21(26)20(25)19-15(2)22-24(16(19)3)18-13-9-6-10-14-18/h6,9-10,13-14,17H,4-5,7-8,11-12H2,1-3H3. The van der Waals surface area contributed by atoms with Crippen LogP contribution in [0.5, 0.6) is 0 Å². The van der Waals surface area contributed by atoms with Gasteiger partial charge in [-0.3, -0.25) is 9.59 Å². The first kappa shape index (κ1) is 18.4. The van der Waals surface area contributed by atoms with Gasteiger partial charge in [0.05, 0.1) is 22.6 Å². The molecule has 1 heterocycles. The smallest absolute Gasteiger partial charge is 0.295 e. The van der Waals surface area contributed by atoms with Crippen LogP contribution in [0, 0.1) is 13.8 Å². The van der Waals surface area contributed by atoms with Crippen molar-refractivity contribution >= 4 is 11.7 Å². The summed E-state index contributed by atoms with van der Waals surface area (Å²) in [6, 6.07) is 9.87. The van der Waals surface area contributed by atoms with E-state index in [-0.39, 0.29) is 6.04 Å². The number of amides is 1. The lowest BCUT2D eigenvalue weighted by molar-refractivity contribution is -0.129. The Morgan fingerprint density at radius 2 is 1.77 bits per heavy atom. The Morgan fingerprint density at radius 3 is 2.38 bits per heavy atom. The van der Waals surface area contributed by atoms with Crippen molar-refractivity contribution < 1.29 is 9.59 Å². The molecule has 0 aliphatic heterocycles. The molecule has 2 aromatic rings. The Kier molecular flexibility index (Phi) is 5.55. The molecule has 1 fully saturated rings. The maximum atomic E-state index is 13.0. The van der Waals surface area contributed by atoms with Crippen molar-refractivity contribution in [3.63, 3.8) is 0 Å². The number of aryl methyl sites for hydroxylation is 1. The summed E-state index contributed by atoms with van der Waals surface area (Å²) >= 11 is 0. The topological polar surface area (TPSA) is 55.2 Å². The highest BCUT2D eigenvalue weighted by Gasteiger charge is 2.32. The molecule has 26 heavy (non-hydrogen) atoms. The van der Waals surface area contributed by atoms with Crippen LogP contribution in [-0.2, 0) is 4.79 Å². The first-order valence-electron chi connectivity index (χ1n) is 9.51. The predicted molar refractivity (Wildman–Crippen MR) is 102 cm³/mol. The van der Waals surface area contributed by atoms with E-state index in [4.69, 9.17) is 0 Å². The molecular weight excluding hydrogens is 326 g/mol. The van der Waals surface area contributed by atoms with Crippen molar-refractivity contribution in [3.05, 3.63) is 47.3 Å². The Morgan fingerprint density at radius 1 is 1.12 bits per heavy atom. The van der Waals surface area contributed by atoms with Crippen LogP contribution >= 0.6 is 0 Å². The molecule has 0 spiro atoms. The number of rotatable bonds is 5. The molecule has 0 radical (unpaired) electrons. The van der Waals surface area contributed by atoms with Gasteiger partial charge in [0.2, 0.25) is 0 Å². The quantitative estimate of drug-likeness (QED) is 0.606. The highest BCUT2D eigenvalue weighted by molar-refractivity contribution is 6.43. The van der Waals surface area contributed by atoms with E-state index in [9.17, 15) is 9.59 Å². The summed E-state index contributed by atoms with van der Waals surface area (Å²) in [5, 5.41) is 4.51. The number of para-hydroxylation sites is 1. The summed E-state index contributed by atoms with van der Waals surface area (Å²) < 4.78 is 1.74. The van der Waals surface area contributed by atoms with Gasteiger partial charge in [0.15, 0.2) is 0 Å². The van der Waals surface area contributed by atoms with Gasteiger partial charge in [0.1, 0.15) is 0 Å². The predicted octanol–water partition coefficient (Wildman–Crippen LogP) is 3.85. The number of benzene rings is 1. The Labute approximate surface area is 155 Å². The zero-order valence-corrected chi connectivity index (χ0v) is 15.9. The van der Waals surface area contributed by atoms with Crippen molar-refractivity contribution in [2.24, 2.45) is 0 Å². The molecular formula is C21H27N3O2. The molecule has 1 aromatic heterocycles. The fourth-order valence-electron chi connectivity index (χ4n) is 3.99. The van der Waals surface area contributed by atoms with Gasteiger partial charge in [-0.25, -0.2) is 4.68 Å². The highest BCUT2D eigenvalue weighted by atomic mass is 16.2. The molecule has 0 unspecified atom stereocenters. The van der Waals surface area contributed by atoms with Gasteiger partial charge in [0, 0.05) is 12.6 Å². The minimum atomic E-state index is -0.436. The molecule has 3 rings (SSSR count). The van der Waals surface area contributed by atoms with E-state index in [2.05, 4.69) is 5.10 Å². The van der Waals surface area contributed by atoms with Crippen LogP contribution in [0.15, 0.2) is 30.3 Å². The number of hydrogen-bond acceptors (Lipinski definition) is 3. The summed E-state index contributed by atoms with van der Waals surface area (Å²) in [6.07, 6.45) is 5.47. The fourth-order valence-corrected chi connectivity index (χ4v) is 3.99. The maximum Gasteiger partial charge on any atom is 0.295 e. The number of ketones is 1. The number of carbonyl (C=O) groups excluding carboxylic acids is 2. The zero-order valence-electron chi connectivity index (χ0n) is 15.9. The Bertz CT molecular complexity index is 789. The van der Waals surface area contributed by atoms with E-state index in [0.717, 1.165) is 31.4 Å². The molecule has 0 atom stereocenters. The molecule has 1 aromatic carbocycles. The lowest BCUT2D eigenvalue weighted by Crippen LogP contribution is -2.44. The maximum absolute atomic E-state index is 13.0. The number of Topliss-reactive ketones (excluding diaryl/α,β-unsaturated/α-hetero) is 1. The van der Waals surface area contributed by atoms with Crippen LogP contribution in [0.1, 0.15) is 60.8 Å². The van der Waals surface area contributed by atoms with E-state index in [1.54, 1.807) is 16.5 Å². The molecule has 5 nitrogen and oxygen atoms in total. The third-order valence-corrected chi connectivity index (χ3v) is 5.33. The van der Waals surface area contributed by atoms with E-state index in [1.165, 1.54) is 6.42 Å². The van der Waals surface area contributed by atoms with Crippen LogP contribution in [-0.4, -0.2) is 39.0 Å². The molecule has 138 valence electrons. The van der Waals surface area contributed by atoms with E-state index < -0.39 is 11.7 Å². The van der Waals surface area contributed by atoms with Crippen LogP contribution in [0.3, 0.4) is 0 Å². The van der Waals surface area contributed by atoms with Gasteiger partial charge in [-0.05, 0) is 45.7 Å². The van der Waals surface area contributed by atoms with E-state index in [0.29, 0.717) is 23.5 Å². The second-order valence-corrected chi connectivity index (χ2v) is 7.01. The summed E-state index contributed by atoms with van der Waals surface area (Å²) in [4.78, 5) is 27.8. The third-order valence-electron chi connectivity index (χ3n) is 5.33. The molecule has 1 aliphatic carbocycles. The number of carbonyl (C=O) groups is 2. The second-order valence-electron chi connectivity index (χ2n) is 7.01. The average Bonchev–Trinajstić information content (AvgIpc) is 2.97. The average molecular weight is 353 g/mol. The minimum Gasteiger partial charge on any atom is -0.333 e. The number of aromatic nitrogens is 2. The molecule has 0 saturated heterocycles. The zero-order chi connectivity index (χ0) is 18.7. The van der Waals surface area contributed by atoms with Gasteiger partial charge in [-0.15, -0.1) is 0 Å². The Hall–Kier alpha value is -2.43. The molecule has 0 N–H and O–H groups in total. The van der Waals surface area contributed by atoms with Crippen molar-refractivity contribution in [1.29, 1.82) is 0 Å². The number of likely N-dealkylation sites (N-methyl/N-ethyl adjacent to an activating group) is 1. The van der Waals surface area contributed by atoms with Gasteiger partial charge >= 0.3 is 0 Å². The molecule has 1 saturated carbocycles. The SMILES string of the molecule is CCN(C(=O)C(=O)c1c(C)nn(-c2ccccc2)c1C)C1CCCCC1. The lowest BCUT2D eigenvalue weighted by Gasteiger charge is -2.33. The molecule has 1 amide bonds. The molecule has 0 bridgehead atoms. The van der Waals surface area contributed by atoms with Crippen molar-refractivity contribution in [1.82, 2.24) is 14.7 Å². The normalized spacial score (nSPS) is 15.0. The van der Waals surface area contributed by atoms with Crippen molar-refractivity contribution in [2.45, 2.75) is 58.9 Å². The minimum absolute atomic E-state index is 0.190. The summed E-state index contributed by atoms with van der Waals surface area (Å²) in [5.74, 6) is -0.826. The number of hydrogen-bond donors (Lipinski definition) is 0. The summed E-state index contributed by atoms with van der Waals surface area (Å²) in [6.45, 7) is 6.17. The molecule has 1 aliphatic rings. The molecule has 5 heteroatoms. The largest absolute Gasteiger partial charge is 0.333 e. The monoisotopic (exact) mass is 353 g/mol. The number of nitrogens with zero attached hydrogens (tertiary/aromatic N) is 3. The lowest BCUT2D eigenvalue weighted by atomic mass is 9.93. The third kappa shape index (κ3) is 3.43. The first-order valence-corrected chi connectivity index (χ1v) is 9.51. The summed E-state index contributed by atoms with van der Waals surface area (Å²) in [7, 11) is 0. The Balaban J connectivity index is 1.89. The van der Waals surface area contributed by atoms with Crippen LogP contribution in [0.4, 0.5) is 0 Å². The van der Waals surface area contributed by atoms with Crippen LogP contribution in [0.25, 0.3) is 5.69 Å². The van der Waals surface area contributed by atoms with Crippen molar-refractivity contribution in [2.75, 3.05) is 6.54 Å².